The van der Waals surface area contributed by atoms with Gasteiger partial charge in [0, 0.05) is 22.9 Å². The molecule has 5 heteroatoms. The van der Waals surface area contributed by atoms with Gasteiger partial charge in [0.05, 0.1) is 6.10 Å². The molecule has 1 atom stereocenters. The minimum atomic E-state index is -0.235. The molecule has 1 aliphatic heterocycles. The lowest BCUT2D eigenvalue weighted by atomic mass is 9.87. The number of methoxy groups -OCH3 is 1. The monoisotopic (exact) mass is 292 g/mol. The predicted octanol–water partition coefficient (Wildman–Crippen LogP) is 2.20. The van der Waals surface area contributed by atoms with Crippen LogP contribution < -0.4 is 5.32 Å². The van der Waals surface area contributed by atoms with Crippen LogP contribution in [-0.2, 0) is 9.53 Å². The summed E-state index contributed by atoms with van der Waals surface area (Å²) in [5, 5.41) is 3.60. The van der Waals surface area contributed by atoms with Crippen LogP contribution in [-0.4, -0.2) is 35.6 Å². The fourth-order valence-corrected chi connectivity index (χ4v) is 4.31. The topological polar surface area (TPSA) is 41.6 Å². The van der Waals surface area contributed by atoms with Gasteiger partial charge in [-0.3, -0.25) is 10.1 Å². The van der Waals surface area contributed by atoms with Crippen LogP contribution in [0.2, 0.25) is 0 Å². The first-order valence-corrected chi connectivity index (χ1v) is 8.14. The number of nitrogens with zero attached hydrogens (tertiary/aromatic N) is 1. The quantitative estimate of drug-likeness (QED) is 0.928. The van der Waals surface area contributed by atoms with Crippen LogP contribution in [0.1, 0.15) is 41.6 Å². The molecule has 4 rings (SSSR count). The third-order valence-corrected chi connectivity index (χ3v) is 5.97. The van der Waals surface area contributed by atoms with Crippen LogP contribution in [0.4, 0.5) is 0 Å². The van der Waals surface area contributed by atoms with E-state index in [0.29, 0.717) is 18.1 Å². The fraction of sp³-hybridized carbons (Fsp3) is 0.667. The molecule has 1 amide bonds. The number of aryl methyl sites for hydroxylation is 1. The first-order valence-electron chi connectivity index (χ1n) is 7.32. The molecule has 1 spiro atoms. The Balaban J connectivity index is 1.61. The third-order valence-electron chi connectivity index (χ3n) is 4.91. The summed E-state index contributed by atoms with van der Waals surface area (Å²) < 4.78 is 5.37. The molecule has 0 bridgehead atoms. The molecule has 4 nitrogen and oxygen atoms in total. The van der Waals surface area contributed by atoms with Crippen LogP contribution in [0.3, 0.4) is 0 Å². The van der Waals surface area contributed by atoms with Crippen molar-refractivity contribution >= 4 is 17.2 Å². The molecule has 3 fully saturated rings. The highest BCUT2D eigenvalue weighted by Crippen LogP contribution is 2.49. The summed E-state index contributed by atoms with van der Waals surface area (Å²) in [7, 11) is 1.76. The summed E-state index contributed by atoms with van der Waals surface area (Å²) in [6.07, 6.45) is 4.33. The number of rotatable bonds is 3. The fourth-order valence-electron chi connectivity index (χ4n) is 3.38. The maximum absolute atomic E-state index is 12.7. The van der Waals surface area contributed by atoms with Gasteiger partial charge in [-0.15, -0.1) is 11.3 Å². The maximum atomic E-state index is 12.7. The molecule has 1 aromatic heterocycles. The lowest BCUT2D eigenvalue weighted by Gasteiger charge is -2.42. The summed E-state index contributed by atoms with van der Waals surface area (Å²) in [6.45, 7) is 2.12. The Morgan fingerprint density at radius 2 is 2.15 bits per heavy atom. The number of carbonyl (C=O) groups excluding carboxylic acids is 1. The van der Waals surface area contributed by atoms with Gasteiger partial charge < -0.3 is 9.64 Å². The number of ether oxygens (including phenoxy) is 1. The number of carbonyl (C=O) groups is 1. The summed E-state index contributed by atoms with van der Waals surface area (Å²) >= 11 is 1.79. The van der Waals surface area contributed by atoms with Gasteiger partial charge in [-0.25, -0.2) is 0 Å². The second-order valence-electron chi connectivity index (χ2n) is 6.27. The van der Waals surface area contributed by atoms with Crippen LogP contribution in [0.15, 0.2) is 12.1 Å². The Labute approximate surface area is 123 Å². The summed E-state index contributed by atoms with van der Waals surface area (Å²) in [4.78, 5) is 17.4. The van der Waals surface area contributed by atoms with Crippen molar-refractivity contribution in [3.63, 3.8) is 0 Å². The molecule has 1 N–H and O–H groups in total. The predicted molar refractivity (Wildman–Crippen MR) is 77.6 cm³/mol. The largest absolute Gasteiger partial charge is 0.381 e. The van der Waals surface area contributed by atoms with Crippen LogP contribution in [0.5, 0.6) is 0 Å². The Hall–Kier alpha value is -0.910. The molecule has 1 aromatic rings. The van der Waals surface area contributed by atoms with Gasteiger partial charge in [-0.2, -0.15) is 0 Å². The van der Waals surface area contributed by atoms with Gasteiger partial charge in [0.2, 0.25) is 5.91 Å². The molecule has 20 heavy (non-hydrogen) atoms. The molecule has 2 heterocycles. The highest BCUT2D eigenvalue weighted by atomic mass is 32.1. The normalized spacial score (nSPS) is 34.6. The van der Waals surface area contributed by atoms with E-state index in [9.17, 15) is 4.79 Å². The number of nitrogens with one attached hydrogen (secondary N) is 1. The molecule has 1 saturated heterocycles. The van der Waals surface area contributed by atoms with Crippen molar-refractivity contribution in [2.45, 2.75) is 56.5 Å². The maximum Gasteiger partial charge on any atom is 0.244 e. The number of amides is 1. The van der Waals surface area contributed by atoms with Gasteiger partial charge >= 0.3 is 0 Å². The van der Waals surface area contributed by atoms with E-state index in [1.54, 1.807) is 18.4 Å². The third kappa shape index (κ3) is 1.76. The summed E-state index contributed by atoms with van der Waals surface area (Å²) in [5.41, 5.74) is -0.235. The first kappa shape index (κ1) is 12.8. The molecule has 108 valence electrons. The van der Waals surface area contributed by atoms with Gasteiger partial charge in [0.25, 0.3) is 0 Å². The van der Waals surface area contributed by atoms with Gasteiger partial charge in [0.1, 0.15) is 11.7 Å². The van der Waals surface area contributed by atoms with Gasteiger partial charge in [-0.05, 0) is 44.7 Å². The summed E-state index contributed by atoms with van der Waals surface area (Å²) in [6, 6.07) is 4.64. The number of thiophene rings is 1. The molecular formula is C15H20N2O2S. The zero-order valence-electron chi connectivity index (χ0n) is 11.9. The van der Waals surface area contributed by atoms with E-state index in [-0.39, 0.29) is 11.7 Å². The minimum Gasteiger partial charge on any atom is -0.381 e. The lowest BCUT2D eigenvalue weighted by Crippen LogP contribution is -2.50. The molecular weight excluding hydrogens is 272 g/mol. The van der Waals surface area contributed by atoms with E-state index >= 15 is 0 Å². The van der Waals surface area contributed by atoms with E-state index < -0.39 is 0 Å². The van der Waals surface area contributed by atoms with Crippen LogP contribution in [0.25, 0.3) is 0 Å². The second-order valence-corrected chi connectivity index (χ2v) is 7.59. The minimum absolute atomic E-state index is 0.0755. The van der Waals surface area contributed by atoms with E-state index in [4.69, 9.17) is 4.74 Å². The van der Waals surface area contributed by atoms with Crippen LogP contribution in [0, 0.1) is 6.92 Å². The molecule has 1 unspecified atom stereocenters. The lowest BCUT2D eigenvalue weighted by molar-refractivity contribution is -0.138. The van der Waals surface area contributed by atoms with Gasteiger partial charge in [0.15, 0.2) is 0 Å². The smallest absolute Gasteiger partial charge is 0.244 e. The zero-order valence-corrected chi connectivity index (χ0v) is 12.7. The highest BCUT2D eigenvalue weighted by Gasteiger charge is 2.61. The van der Waals surface area contributed by atoms with Crippen molar-refractivity contribution < 1.29 is 9.53 Å². The molecule has 3 aliphatic rings. The zero-order chi connectivity index (χ0) is 13.9. The van der Waals surface area contributed by atoms with Crippen molar-refractivity contribution in [1.82, 2.24) is 10.2 Å². The highest BCUT2D eigenvalue weighted by molar-refractivity contribution is 7.12. The average Bonchev–Trinajstić information content (AvgIpc) is 2.96. The van der Waals surface area contributed by atoms with Crippen molar-refractivity contribution in [3.05, 3.63) is 21.9 Å². The molecule has 2 aliphatic carbocycles. The second kappa shape index (κ2) is 4.29. The van der Waals surface area contributed by atoms with Crippen molar-refractivity contribution in [3.8, 4) is 0 Å². The van der Waals surface area contributed by atoms with Crippen LogP contribution >= 0.6 is 11.3 Å². The SMILES string of the molecule is COC1CC(N2C(=O)C3(CC3)NC2c2ccc(C)s2)C1. The molecule has 0 radical (unpaired) electrons. The van der Waals surface area contributed by atoms with E-state index in [1.807, 2.05) is 0 Å². The van der Waals surface area contributed by atoms with E-state index in [2.05, 4.69) is 29.3 Å². The Kier molecular flexibility index (Phi) is 2.75. The van der Waals surface area contributed by atoms with Crippen molar-refractivity contribution in [2.75, 3.05) is 7.11 Å². The Morgan fingerprint density at radius 1 is 1.40 bits per heavy atom. The number of hydrogen-bond donors (Lipinski definition) is 1. The average molecular weight is 292 g/mol. The van der Waals surface area contributed by atoms with E-state index in [0.717, 1.165) is 25.7 Å². The number of hydrogen-bond acceptors (Lipinski definition) is 4. The van der Waals surface area contributed by atoms with E-state index in [1.165, 1.54) is 9.75 Å². The standard InChI is InChI=1S/C15H20N2O2S/c1-9-3-4-12(20-9)13-16-15(5-6-15)14(18)17(13)10-7-11(8-10)19-2/h3-4,10-11,13,16H,5-8H2,1-2H3. The van der Waals surface area contributed by atoms with Gasteiger partial charge in [-0.1, -0.05) is 0 Å². The molecule has 0 aromatic carbocycles. The Bertz CT molecular complexity index is 546. The van der Waals surface area contributed by atoms with Crippen molar-refractivity contribution in [1.29, 1.82) is 0 Å². The first-order chi connectivity index (χ1) is 9.63. The Morgan fingerprint density at radius 3 is 2.70 bits per heavy atom. The summed E-state index contributed by atoms with van der Waals surface area (Å²) in [5.74, 6) is 0.313. The van der Waals surface area contributed by atoms with Crippen molar-refractivity contribution in [2.24, 2.45) is 0 Å². The molecule has 2 saturated carbocycles.